The maximum Gasteiger partial charge on any atom is 0.0750 e. The summed E-state index contributed by atoms with van der Waals surface area (Å²) in [6.07, 6.45) is 0. The predicted molar refractivity (Wildman–Crippen MR) is 76.6 cm³/mol. The SMILES string of the molecule is CCOC(C)(C)CNCc1ccc(Cl)cc1Br. The van der Waals surface area contributed by atoms with Crippen LogP contribution in [0.2, 0.25) is 5.02 Å². The molecule has 0 bridgehead atoms. The highest BCUT2D eigenvalue weighted by atomic mass is 79.9. The number of benzene rings is 1. The van der Waals surface area contributed by atoms with Crippen LogP contribution in [-0.2, 0) is 11.3 Å². The van der Waals surface area contributed by atoms with Gasteiger partial charge in [0.15, 0.2) is 0 Å². The van der Waals surface area contributed by atoms with Crippen molar-refractivity contribution in [2.45, 2.75) is 32.9 Å². The number of hydrogen-bond acceptors (Lipinski definition) is 2. The van der Waals surface area contributed by atoms with Crippen LogP contribution in [0.4, 0.5) is 0 Å². The van der Waals surface area contributed by atoms with Crippen LogP contribution in [0.5, 0.6) is 0 Å². The lowest BCUT2D eigenvalue weighted by atomic mass is 10.1. The van der Waals surface area contributed by atoms with Crippen molar-refractivity contribution in [3.05, 3.63) is 33.3 Å². The number of ether oxygens (including phenoxy) is 1. The Morgan fingerprint density at radius 3 is 2.71 bits per heavy atom. The van der Waals surface area contributed by atoms with Gasteiger partial charge in [0.05, 0.1) is 5.60 Å². The van der Waals surface area contributed by atoms with Crippen molar-refractivity contribution < 1.29 is 4.74 Å². The molecule has 1 aromatic rings. The monoisotopic (exact) mass is 319 g/mol. The zero-order chi connectivity index (χ0) is 12.9. The summed E-state index contributed by atoms with van der Waals surface area (Å²) >= 11 is 9.40. The molecule has 0 saturated carbocycles. The highest BCUT2D eigenvalue weighted by Gasteiger charge is 2.16. The molecule has 1 aromatic carbocycles. The Morgan fingerprint density at radius 2 is 2.12 bits per heavy atom. The first-order chi connectivity index (χ1) is 7.94. The third kappa shape index (κ3) is 5.38. The molecule has 0 unspecified atom stereocenters. The molecule has 0 aliphatic heterocycles. The molecular weight excluding hydrogens is 302 g/mol. The maximum atomic E-state index is 5.89. The van der Waals surface area contributed by atoms with Crippen LogP contribution >= 0.6 is 27.5 Å². The maximum absolute atomic E-state index is 5.89. The van der Waals surface area contributed by atoms with Crippen molar-refractivity contribution in [1.29, 1.82) is 0 Å². The minimum atomic E-state index is -0.131. The van der Waals surface area contributed by atoms with E-state index in [1.807, 2.05) is 25.1 Å². The summed E-state index contributed by atoms with van der Waals surface area (Å²) in [6.45, 7) is 8.53. The molecule has 0 heterocycles. The highest BCUT2D eigenvalue weighted by Crippen LogP contribution is 2.21. The Kier molecular flexibility index (Phi) is 5.93. The van der Waals surface area contributed by atoms with E-state index in [4.69, 9.17) is 16.3 Å². The first-order valence-electron chi connectivity index (χ1n) is 5.73. The van der Waals surface area contributed by atoms with Gasteiger partial charge in [-0.25, -0.2) is 0 Å². The first-order valence-corrected chi connectivity index (χ1v) is 6.90. The summed E-state index contributed by atoms with van der Waals surface area (Å²) in [5, 5.41) is 4.13. The van der Waals surface area contributed by atoms with Gasteiger partial charge in [0.25, 0.3) is 0 Å². The van der Waals surface area contributed by atoms with Crippen molar-refractivity contribution >= 4 is 27.5 Å². The second-order valence-electron chi connectivity index (χ2n) is 4.53. The third-order valence-corrected chi connectivity index (χ3v) is 3.39. The average Bonchev–Trinajstić information content (AvgIpc) is 2.21. The van der Waals surface area contributed by atoms with E-state index < -0.39 is 0 Å². The van der Waals surface area contributed by atoms with Crippen molar-refractivity contribution in [2.75, 3.05) is 13.2 Å². The van der Waals surface area contributed by atoms with E-state index in [0.29, 0.717) is 0 Å². The summed E-state index contributed by atoms with van der Waals surface area (Å²) < 4.78 is 6.66. The second kappa shape index (κ2) is 6.74. The van der Waals surface area contributed by atoms with E-state index in [-0.39, 0.29) is 5.60 Å². The summed E-state index contributed by atoms with van der Waals surface area (Å²) in [7, 11) is 0. The predicted octanol–water partition coefficient (Wildman–Crippen LogP) is 4.01. The molecule has 0 amide bonds. The zero-order valence-corrected chi connectivity index (χ0v) is 12.9. The van der Waals surface area contributed by atoms with E-state index in [2.05, 4.69) is 35.1 Å². The molecule has 4 heteroatoms. The van der Waals surface area contributed by atoms with E-state index in [1.165, 1.54) is 5.56 Å². The normalized spacial score (nSPS) is 11.8. The van der Waals surface area contributed by atoms with Crippen molar-refractivity contribution in [2.24, 2.45) is 0 Å². The largest absolute Gasteiger partial charge is 0.375 e. The van der Waals surface area contributed by atoms with Crippen LogP contribution in [0, 0.1) is 0 Å². The Bertz CT molecular complexity index is 368. The van der Waals surface area contributed by atoms with Gasteiger partial charge < -0.3 is 10.1 Å². The average molecular weight is 321 g/mol. The van der Waals surface area contributed by atoms with Gasteiger partial charge in [-0.3, -0.25) is 0 Å². The number of rotatable bonds is 6. The van der Waals surface area contributed by atoms with Crippen LogP contribution < -0.4 is 5.32 Å². The molecule has 0 aromatic heterocycles. The molecule has 1 rings (SSSR count). The van der Waals surface area contributed by atoms with Gasteiger partial charge in [0.1, 0.15) is 0 Å². The molecule has 0 aliphatic carbocycles. The molecule has 1 N–H and O–H groups in total. The van der Waals surface area contributed by atoms with Crippen molar-refractivity contribution in [3.8, 4) is 0 Å². The van der Waals surface area contributed by atoms with Gasteiger partial charge >= 0.3 is 0 Å². The van der Waals surface area contributed by atoms with Crippen LogP contribution in [0.25, 0.3) is 0 Å². The minimum absolute atomic E-state index is 0.131. The summed E-state index contributed by atoms with van der Waals surface area (Å²) in [6, 6.07) is 5.83. The number of nitrogens with one attached hydrogen (secondary N) is 1. The van der Waals surface area contributed by atoms with Crippen molar-refractivity contribution in [1.82, 2.24) is 5.32 Å². The van der Waals surface area contributed by atoms with Crippen LogP contribution in [0.1, 0.15) is 26.3 Å². The molecule has 2 nitrogen and oxygen atoms in total. The molecule has 96 valence electrons. The van der Waals surface area contributed by atoms with E-state index in [0.717, 1.165) is 29.2 Å². The molecule has 0 aliphatic rings. The Balaban J connectivity index is 2.46. The topological polar surface area (TPSA) is 21.3 Å². The Morgan fingerprint density at radius 1 is 1.41 bits per heavy atom. The lowest BCUT2D eigenvalue weighted by molar-refractivity contribution is -0.00898. The molecular formula is C13H19BrClNO. The molecule has 0 atom stereocenters. The standard InChI is InChI=1S/C13H19BrClNO/c1-4-17-13(2,3)9-16-8-10-5-6-11(15)7-12(10)14/h5-7,16H,4,8-9H2,1-3H3. The summed E-state index contributed by atoms with van der Waals surface area (Å²) in [5.41, 5.74) is 1.06. The van der Waals surface area contributed by atoms with Gasteiger partial charge in [0, 0.05) is 29.2 Å². The fourth-order valence-corrected chi connectivity index (χ4v) is 2.43. The van der Waals surface area contributed by atoms with Crippen LogP contribution in [0.15, 0.2) is 22.7 Å². The highest BCUT2D eigenvalue weighted by molar-refractivity contribution is 9.10. The van der Waals surface area contributed by atoms with Gasteiger partial charge in [-0.05, 0) is 38.5 Å². The number of halogens is 2. The van der Waals surface area contributed by atoms with Gasteiger partial charge in [-0.2, -0.15) is 0 Å². The Labute approximate surface area is 117 Å². The lowest BCUT2D eigenvalue weighted by Gasteiger charge is -2.25. The van der Waals surface area contributed by atoms with Crippen LogP contribution in [0.3, 0.4) is 0 Å². The fourth-order valence-electron chi connectivity index (χ4n) is 1.61. The summed E-state index contributed by atoms with van der Waals surface area (Å²) in [5.74, 6) is 0. The van der Waals surface area contributed by atoms with Gasteiger partial charge in [0.2, 0.25) is 0 Å². The molecule has 0 radical (unpaired) electrons. The van der Waals surface area contributed by atoms with E-state index in [1.54, 1.807) is 0 Å². The minimum Gasteiger partial charge on any atom is -0.375 e. The van der Waals surface area contributed by atoms with E-state index >= 15 is 0 Å². The fraction of sp³-hybridized carbons (Fsp3) is 0.538. The molecule has 17 heavy (non-hydrogen) atoms. The third-order valence-electron chi connectivity index (χ3n) is 2.42. The quantitative estimate of drug-likeness (QED) is 0.855. The smallest absolute Gasteiger partial charge is 0.0750 e. The van der Waals surface area contributed by atoms with Gasteiger partial charge in [-0.15, -0.1) is 0 Å². The zero-order valence-electron chi connectivity index (χ0n) is 10.5. The van der Waals surface area contributed by atoms with Crippen LogP contribution in [-0.4, -0.2) is 18.8 Å². The second-order valence-corrected chi connectivity index (χ2v) is 5.82. The summed E-state index contributed by atoms with van der Waals surface area (Å²) in [4.78, 5) is 0. The Hall–Kier alpha value is -0.0900. The molecule has 0 spiro atoms. The van der Waals surface area contributed by atoms with Crippen molar-refractivity contribution in [3.63, 3.8) is 0 Å². The van der Waals surface area contributed by atoms with Gasteiger partial charge in [-0.1, -0.05) is 33.6 Å². The lowest BCUT2D eigenvalue weighted by Crippen LogP contribution is -2.37. The first kappa shape index (κ1) is 15.0. The molecule has 0 saturated heterocycles. The van der Waals surface area contributed by atoms with E-state index in [9.17, 15) is 0 Å². The number of hydrogen-bond donors (Lipinski definition) is 1. The molecule has 0 fully saturated rings.